The van der Waals surface area contributed by atoms with Gasteiger partial charge in [0.2, 0.25) is 12.7 Å². The first-order chi connectivity index (χ1) is 13.9. The molecule has 0 saturated carbocycles. The van der Waals surface area contributed by atoms with Crippen LogP contribution in [0.25, 0.3) is 0 Å². The molecule has 2 aliphatic heterocycles. The summed E-state index contributed by atoms with van der Waals surface area (Å²) in [6, 6.07) is 6.14. The Bertz CT molecular complexity index is 746. The van der Waals surface area contributed by atoms with Crippen LogP contribution in [0.3, 0.4) is 0 Å². The van der Waals surface area contributed by atoms with Crippen LogP contribution in [0.2, 0.25) is 0 Å². The van der Waals surface area contributed by atoms with E-state index in [0.717, 1.165) is 49.9 Å². The van der Waals surface area contributed by atoms with Gasteiger partial charge in [0.1, 0.15) is 0 Å². The third-order valence-corrected chi connectivity index (χ3v) is 5.78. The van der Waals surface area contributed by atoms with Crippen molar-refractivity contribution in [2.45, 2.75) is 45.4 Å². The fourth-order valence-corrected chi connectivity index (χ4v) is 3.82. The van der Waals surface area contributed by atoms with Crippen molar-refractivity contribution in [3.8, 4) is 11.5 Å². The van der Waals surface area contributed by atoms with Gasteiger partial charge in [-0.2, -0.15) is 0 Å². The highest BCUT2D eigenvalue weighted by atomic mass is 127. The molecule has 30 heavy (non-hydrogen) atoms. The minimum Gasteiger partial charge on any atom is -0.454 e. The topological polar surface area (TPSA) is 75.2 Å². The molecule has 2 aliphatic rings. The third-order valence-electron chi connectivity index (χ3n) is 5.78. The van der Waals surface area contributed by atoms with Crippen molar-refractivity contribution in [3.05, 3.63) is 23.8 Å². The predicted molar refractivity (Wildman–Crippen MR) is 130 cm³/mol. The summed E-state index contributed by atoms with van der Waals surface area (Å²) in [4.78, 5) is 18.9. The van der Waals surface area contributed by atoms with E-state index in [1.54, 1.807) is 7.05 Å². The zero-order valence-corrected chi connectivity index (χ0v) is 20.8. The van der Waals surface area contributed by atoms with E-state index in [4.69, 9.17) is 14.5 Å². The summed E-state index contributed by atoms with van der Waals surface area (Å²) in [6.45, 7) is 10.2. The number of likely N-dealkylation sites (tertiary alicyclic amines) is 1. The molecule has 1 aromatic carbocycles. The molecule has 1 amide bonds. The lowest BCUT2D eigenvalue weighted by molar-refractivity contribution is -0.121. The number of rotatable bonds is 6. The summed E-state index contributed by atoms with van der Waals surface area (Å²) in [5.41, 5.74) is 1.06. The Hall–Kier alpha value is -1.71. The maximum Gasteiger partial charge on any atom is 0.231 e. The van der Waals surface area contributed by atoms with Gasteiger partial charge in [-0.05, 0) is 43.4 Å². The van der Waals surface area contributed by atoms with Gasteiger partial charge >= 0.3 is 0 Å². The van der Waals surface area contributed by atoms with E-state index in [-0.39, 0.29) is 42.1 Å². The Morgan fingerprint density at radius 3 is 2.60 bits per heavy atom. The highest BCUT2D eigenvalue weighted by molar-refractivity contribution is 14.0. The summed E-state index contributed by atoms with van der Waals surface area (Å²) in [6.07, 6.45) is 2.65. The normalized spacial score (nSPS) is 16.8. The average Bonchev–Trinajstić information content (AvgIpc) is 3.19. The van der Waals surface area contributed by atoms with Gasteiger partial charge in [-0.1, -0.05) is 19.9 Å². The molecule has 0 spiro atoms. The van der Waals surface area contributed by atoms with Crippen LogP contribution in [0.4, 0.5) is 0 Å². The molecule has 8 heteroatoms. The van der Waals surface area contributed by atoms with E-state index >= 15 is 0 Å². The molecule has 0 aromatic heterocycles. The van der Waals surface area contributed by atoms with Crippen molar-refractivity contribution in [2.24, 2.45) is 10.9 Å². The van der Waals surface area contributed by atoms with Crippen molar-refractivity contribution in [1.29, 1.82) is 0 Å². The number of aliphatic imine (C=N–C) groups is 1. The van der Waals surface area contributed by atoms with Crippen LogP contribution < -0.4 is 20.1 Å². The predicted octanol–water partition coefficient (Wildman–Crippen LogP) is 3.12. The molecule has 0 radical (unpaired) electrons. The fraction of sp³-hybridized carbons (Fsp3) is 0.636. The first-order valence-electron chi connectivity index (χ1n) is 10.6. The number of ether oxygens (including phenoxy) is 2. The van der Waals surface area contributed by atoms with Crippen LogP contribution in [0, 0.1) is 5.92 Å². The minimum absolute atomic E-state index is 0. The molecular formula is C22H35IN4O3. The van der Waals surface area contributed by atoms with Crippen LogP contribution in [0.5, 0.6) is 11.5 Å². The van der Waals surface area contributed by atoms with E-state index < -0.39 is 0 Å². The van der Waals surface area contributed by atoms with Gasteiger partial charge in [0.05, 0.1) is 6.54 Å². The number of nitrogens with zero attached hydrogens (tertiary/aromatic N) is 2. The van der Waals surface area contributed by atoms with Crippen LogP contribution in [-0.2, 0) is 10.2 Å². The largest absolute Gasteiger partial charge is 0.454 e. The van der Waals surface area contributed by atoms with Crippen LogP contribution >= 0.6 is 24.0 Å². The number of guanidine groups is 1. The Morgan fingerprint density at radius 1 is 1.23 bits per heavy atom. The van der Waals surface area contributed by atoms with Crippen molar-refractivity contribution in [3.63, 3.8) is 0 Å². The zero-order chi connectivity index (χ0) is 20.9. The van der Waals surface area contributed by atoms with Crippen molar-refractivity contribution in [1.82, 2.24) is 15.5 Å². The van der Waals surface area contributed by atoms with Crippen molar-refractivity contribution < 1.29 is 14.3 Å². The number of carbonyl (C=O) groups is 1. The number of benzene rings is 1. The smallest absolute Gasteiger partial charge is 0.231 e. The van der Waals surface area contributed by atoms with E-state index in [2.05, 4.69) is 48.4 Å². The Morgan fingerprint density at radius 2 is 1.93 bits per heavy atom. The van der Waals surface area contributed by atoms with Gasteiger partial charge in [-0.25, -0.2) is 0 Å². The lowest BCUT2D eigenvalue weighted by Crippen LogP contribution is -2.46. The molecule has 0 bridgehead atoms. The van der Waals surface area contributed by atoms with Crippen LogP contribution in [-0.4, -0.2) is 56.8 Å². The van der Waals surface area contributed by atoms with Crippen molar-refractivity contribution >= 4 is 35.8 Å². The van der Waals surface area contributed by atoms with Gasteiger partial charge in [-0.15, -0.1) is 24.0 Å². The van der Waals surface area contributed by atoms with Gasteiger partial charge in [0, 0.05) is 38.5 Å². The maximum absolute atomic E-state index is 11.6. The highest BCUT2D eigenvalue weighted by Crippen LogP contribution is 2.36. The number of hydrogen-bond donors (Lipinski definition) is 2. The van der Waals surface area contributed by atoms with E-state index in [1.807, 2.05) is 6.07 Å². The SMILES string of the molecule is CCNC(=NCC(C)(C)c1ccc2c(c1)OCO2)N1CCC(CC(=O)NC)CC1.I. The average molecular weight is 530 g/mol. The molecular weight excluding hydrogens is 495 g/mol. The molecule has 3 rings (SSSR count). The standard InChI is InChI=1S/C22H34N4O3.HI/c1-5-24-21(26-10-8-16(9-11-26)12-20(27)23-4)25-14-22(2,3)17-6-7-18-19(13-17)29-15-28-18;/h6-7,13,16H,5,8-12,14-15H2,1-4H3,(H,23,27)(H,24,25);1H. The van der Waals surface area contributed by atoms with E-state index in [1.165, 1.54) is 5.56 Å². The molecule has 1 saturated heterocycles. The first kappa shape index (κ1) is 24.6. The summed E-state index contributed by atoms with van der Waals surface area (Å²) < 4.78 is 11.0. The second-order valence-corrected chi connectivity index (χ2v) is 8.43. The second-order valence-electron chi connectivity index (χ2n) is 8.43. The number of amides is 1. The number of nitrogens with one attached hydrogen (secondary N) is 2. The molecule has 0 aliphatic carbocycles. The van der Waals surface area contributed by atoms with Crippen LogP contribution in [0.15, 0.2) is 23.2 Å². The van der Waals surface area contributed by atoms with Gasteiger partial charge in [0.15, 0.2) is 17.5 Å². The van der Waals surface area contributed by atoms with Gasteiger partial charge < -0.3 is 25.0 Å². The highest BCUT2D eigenvalue weighted by Gasteiger charge is 2.26. The summed E-state index contributed by atoms with van der Waals surface area (Å²) in [5.74, 6) is 3.17. The Labute approximate surface area is 197 Å². The Balaban J connectivity index is 0.00000320. The fourth-order valence-electron chi connectivity index (χ4n) is 3.82. The monoisotopic (exact) mass is 530 g/mol. The first-order valence-corrected chi connectivity index (χ1v) is 10.6. The molecule has 0 unspecified atom stereocenters. The number of fused-ring (bicyclic) bond motifs is 1. The zero-order valence-electron chi connectivity index (χ0n) is 18.5. The Kier molecular flexibility index (Phi) is 9.06. The molecule has 0 atom stereocenters. The maximum atomic E-state index is 11.6. The molecule has 2 N–H and O–H groups in total. The van der Waals surface area contributed by atoms with E-state index in [0.29, 0.717) is 18.9 Å². The quantitative estimate of drug-likeness (QED) is 0.336. The molecule has 1 aromatic rings. The summed E-state index contributed by atoms with van der Waals surface area (Å²) in [5, 5.41) is 6.17. The lowest BCUT2D eigenvalue weighted by Gasteiger charge is -2.34. The number of piperidine rings is 1. The van der Waals surface area contributed by atoms with E-state index in [9.17, 15) is 4.79 Å². The number of halogens is 1. The van der Waals surface area contributed by atoms with Crippen molar-refractivity contribution in [2.75, 3.05) is 40.0 Å². The minimum atomic E-state index is -0.126. The van der Waals surface area contributed by atoms with Gasteiger partial charge in [-0.3, -0.25) is 9.79 Å². The van der Waals surface area contributed by atoms with Gasteiger partial charge in [0.25, 0.3) is 0 Å². The molecule has 2 heterocycles. The number of hydrogen-bond acceptors (Lipinski definition) is 4. The lowest BCUT2D eigenvalue weighted by atomic mass is 9.84. The summed E-state index contributed by atoms with van der Waals surface area (Å²) >= 11 is 0. The molecule has 1 fully saturated rings. The second kappa shape index (κ2) is 11.1. The summed E-state index contributed by atoms with van der Waals surface area (Å²) in [7, 11) is 1.70. The molecule has 7 nitrogen and oxygen atoms in total. The third kappa shape index (κ3) is 6.15. The molecule has 168 valence electrons. The number of carbonyl (C=O) groups excluding carboxylic acids is 1. The van der Waals surface area contributed by atoms with Crippen LogP contribution in [0.1, 0.15) is 45.6 Å².